The zero-order chi connectivity index (χ0) is 39.6. The van der Waals surface area contributed by atoms with Crippen molar-refractivity contribution in [3.8, 4) is 0 Å². The van der Waals surface area contributed by atoms with Gasteiger partial charge in [0.25, 0.3) is 0 Å². The first-order chi connectivity index (χ1) is 23.0. The molecule has 358 valence electrons. The SMILES string of the molecule is C.C.C.CCCOC(=O)C(=CCCCCCl)NC(=O)C(F)(F)F.COP(=O)(OC)C(NC(=O)C(F)(F)F)C(=O)OCC[Si](C)(C)C.O=CCCCCCl.[F-].[F-].[F-].[F-].[F-]. The average Bonchev–Trinajstić information content (AvgIpc) is 3.02. The number of carbonyl (C=O) groups is 5. The lowest BCUT2D eigenvalue weighted by molar-refractivity contribution is -0.175. The minimum atomic E-state index is -5.26. The van der Waals surface area contributed by atoms with Crippen molar-refractivity contribution < 1.29 is 96.9 Å². The van der Waals surface area contributed by atoms with E-state index < -0.39 is 63.3 Å². The smallest absolute Gasteiger partial charge is 0.471 e. The van der Waals surface area contributed by atoms with Gasteiger partial charge in [-0.05, 0) is 44.6 Å². The van der Waals surface area contributed by atoms with Crippen LogP contribution in [0.1, 0.15) is 74.1 Å². The third kappa shape index (κ3) is 43.1. The fraction of sp³-hybridized carbons (Fsp3) is 0.774. The van der Waals surface area contributed by atoms with Crippen LogP contribution in [0.15, 0.2) is 11.8 Å². The molecule has 58 heavy (non-hydrogen) atoms. The molecule has 2 N–H and O–H groups in total. The van der Waals surface area contributed by atoms with Crippen molar-refractivity contribution in [2.45, 2.75) is 118 Å². The van der Waals surface area contributed by atoms with Crippen LogP contribution in [0.3, 0.4) is 0 Å². The van der Waals surface area contributed by atoms with Crippen LogP contribution < -0.4 is 34.2 Å². The summed E-state index contributed by atoms with van der Waals surface area (Å²) in [7, 11) is -4.14. The van der Waals surface area contributed by atoms with Gasteiger partial charge < -0.3 is 57.5 Å². The fourth-order valence-corrected chi connectivity index (χ4v) is 5.02. The summed E-state index contributed by atoms with van der Waals surface area (Å²) in [6.45, 7) is 7.74. The quantitative estimate of drug-likeness (QED) is 0.0176. The number of aldehydes is 1. The third-order valence-electron chi connectivity index (χ3n) is 5.47. The summed E-state index contributed by atoms with van der Waals surface area (Å²) >= 11 is 10.8. The van der Waals surface area contributed by atoms with Crippen molar-refractivity contribution in [3.05, 3.63) is 11.8 Å². The molecule has 0 spiro atoms. The fourth-order valence-electron chi connectivity index (χ4n) is 2.75. The Labute approximate surface area is 344 Å². The molecular weight excluding hydrogens is 899 g/mol. The van der Waals surface area contributed by atoms with Gasteiger partial charge in [-0.15, -0.1) is 23.2 Å². The number of allylic oxidation sites excluding steroid dienone is 1. The minimum Gasteiger partial charge on any atom is -1.00 e. The van der Waals surface area contributed by atoms with E-state index >= 15 is 0 Å². The van der Waals surface area contributed by atoms with Crippen LogP contribution in [0.4, 0.5) is 26.3 Å². The number of alkyl halides is 8. The number of ether oxygens (including phenoxy) is 2. The molecule has 0 aromatic rings. The maximum Gasteiger partial charge on any atom is 0.471 e. The summed E-state index contributed by atoms with van der Waals surface area (Å²) < 4.78 is 104. The molecule has 0 saturated heterocycles. The predicted molar refractivity (Wildman–Crippen MR) is 198 cm³/mol. The van der Waals surface area contributed by atoms with E-state index in [0.29, 0.717) is 49.9 Å². The molecule has 0 aliphatic carbocycles. The molecule has 0 aromatic heterocycles. The van der Waals surface area contributed by atoms with Gasteiger partial charge in [0.1, 0.15) is 12.0 Å². The van der Waals surface area contributed by atoms with Crippen LogP contribution in [-0.4, -0.2) is 95.4 Å². The normalized spacial score (nSPS) is 10.9. The standard InChI is InChI=1S/C12H17ClF3NO3.C11H21F3NO6PSi.C5H9ClO.3CH4.5FH/c1-2-8-20-10(18)9(6-4-3-5-7-13)17-11(19)12(14,15)16;1-19-22(18,20-2)8(15-10(17)11(12,13)14)9(16)21-6-7-23(3,4)5;6-4-2-1-3-5-7;;;;;;;;/h6H,2-5,7-8H2,1H3,(H,17,19);8H,6-7H2,1-5H3,(H,15,17);5H,1-4H2;3*1H4;5*1H/p-5. The highest BCUT2D eigenvalue weighted by molar-refractivity contribution is 7.55. The van der Waals surface area contributed by atoms with E-state index in [0.717, 1.165) is 33.3 Å². The van der Waals surface area contributed by atoms with Crippen LogP contribution in [-0.2, 0) is 47.1 Å². The first kappa shape index (κ1) is 83.2. The van der Waals surface area contributed by atoms with Crippen molar-refractivity contribution in [2.75, 3.05) is 39.2 Å². The van der Waals surface area contributed by atoms with E-state index in [9.17, 15) is 54.9 Å². The Hall–Kier alpha value is -2.53. The van der Waals surface area contributed by atoms with E-state index in [1.165, 1.54) is 16.7 Å². The van der Waals surface area contributed by atoms with Gasteiger partial charge in [-0.3, -0.25) is 14.2 Å². The van der Waals surface area contributed by atoms with Gasteiger partial charge in [0.05, 0.1) is 13.2 Å². The molecule has 0 fully saturated rings. The number of hydrogen-bond acceptors (Lipinski definition) is 10. The van der Waals surface area contributed by atoms with E-state index in [-0.39, 0.29) is 59.0 Å². The number of unbranched alkanes of at least 4 members (excludes halogenated alkanes) is 4. The zero-order valence-corrected chi connectivity index (χ0v) is 34.1. The molecule has 0 aromatic carbocycles. The van der Waals surface area contributed by atoms with Crippen LogP contribution in [0.5, 0.6) is 0 Å². The van der Waals surface area contributed by atoms with E-state index in [1.807, 2.05) is 19.6 Å². The third-order valence-corrected chi connectivity index (χ3v) is 9.70. The number of rotatable bonds is 20. The second-order valence-electron chi connectivity index (χ2n) is 11.0. The van der Waals surface area contributed by atoms with Crippen molar-refractivity contribution in [1.29, 1.82) is 0 Å². The van der Waals surface area contributed by atoms with Crippen LogP contribution in [0, 0.1) is 0 Å². The second-order valence-corrected chi connectivity index (χ2v) is 19.7. The number of esters is 2. The molecule has 0 aliphatic heterocycles. The Morgan fingerprint density at radius 3 is 1.52 bits per heavy atom. The Kier molecular flexibility index (Phi) is 63.2. The van der Waals surface area contributed by atoms with Crippen molar-refractivity contribution in [2.24, 2.45) is 0 Å². The molecule has 2 amide bonds. The maximum absolute atomic E-state index is 12.3. The molecule has 0 heterocycles. The lowest BCUT2D eigenvalue weighted by atomic mass is 10.2. The topological polar surface area (TPSA) is 163 Å². The average molecular weight is 959 g/mol. The molecule has 0 bridgehead atoms. The Balaban J connectivity index is -0.0000000651. The number of amides is 2. The van der Waals surface area contributed by atoms with Gasteiger partial charge in [0.2, 0.25) is 5.78 Å². The molecule has 27 heteroatoms. The van der Waals surface area contributed by atoms with Gasteiger partial charge in [0.15, 0.2) is 0 Å². The molecule has 12 nitrogen and oxygen atoms in total. The molecule has 0 rings (SSSR count). The largest absolute Gasteiger partial charge is 1.00 e. The van der Waals surface area contributed by atoms with Crippen molar-refractivity contribution >= 4 is 68.9 Å². The monoisotopic (exact) mass is 957 g/mol. The number of hydrogen-bond donors (Lipinski definition) is 2. The highest BCUT2D eigenvalue weighted by Gasteiger charge is 2.48. The molecular formula is C31H59Cl2F11N2O10PSi-5. The number of carbonyl (C=O) groups excluding carboxylic acids is 5. The second kappa shape index (κ2) is 44.0. The summed E-state index contributed by atoms with van der Waals surface area (Å²) in [5.74, 6) is -8.04. The van der Waals surface area contributed by atoms with Gasteiger partial charge in [0, 0.05) is 40.5 Å². The van der Waals surface area contributed by atoms with Gasteiger partial charge in [-0.25, -0.2) is 9.59 Å². The summed E-state index contributed by atoms with van der Waals surface area (Å²) in [6, 6.07) is 0.545. The Morgan fingerprint density at radius 1 is 0.741 bits per heavy atom. The van der Waals surface area contributed by atoms with Gasteiger partial charge in [-0.2, -0.15) is 26.3 Å². The maximum atomic E-state index is 12.3. The van der Waals surface area contributed by atoms with Crippen LogP contribution >= 0.6 is 30.8 Å². The molecule has 1 atom stereocenters. The van der Waals surface area contributed by atoms with E-state index in [4.69, 9.17) is 32.7 Å². The van der Waals surface area contributed by atoms with Crippen LogP contribution in [0.2, 0.25) is 25.7 Å². The van der Waals surface area contributed by atoms with Crippen LogP contribution in [0.25, 0.3) is 0 Å². The summed E-state index contributed by atoms with van der Waals surface area (Å²) in [4.78, 5) is 55.0. The van der Waals surface area contributed by atoms with Gasteiger partial charge in [-0.1, -0.05) is 54.9 Å². The predicted octanol–water partition coefficient (Wildman–Crippen LogP) is -6.21. The first-order valence-electron chi connectivity index (χ1n) is 15.1. The van der Waals surface area contributed by atoms with Crippen molar-refractivity contribution in [1.82, 2.24) is 10.6 Å². The summed E-state index contributed by atoms with van der Waals surface area (Å²) in [5.41, 5.74) is -0.490. The highest BCUT2D eigenvalue weighted by atomic mass is 35.5. The molecule has 0 radical (unpaired) electrons. The van der Waals surface area contributed by atoms with E-state index in [1.54, 1.807) is 6.92 Å². The van der Waals surface area contributed by atoms with E-state index in [2.05, 4.69) is 9.05 Å². The lowest BCUT2D eigenvalue weighted by Crippen LogP contribution is -3.00. The number of halogens is 13. The Morgan fingerprint density at radius 2 is 1.17 bits per heavy atom. The highest BCUT2D eigenvalue weighted by Crippen LogP contribution is 2.51. The minimum absolute atomic E-state index is 0. The molecule has 1 unspecified atom stereocenters. The summed E-state index contributed by atoms with van der Waals surface area (Å²) in [5, 5.41) is 2.84. The van der Waals surface area contributed by atoms with Crippen molar-refractivity contribution in [3.63, 3.8) is 0 Å². The first-order valence-corrected chi connectivity index (χ1v) is 21.5. The summed E-state index contributed by atoms with van der Waals surface area (Å²) in [6.07, 6.45) is -3.53. The zero-order valence-electron chi connectivity index (χ0n) is 30.7. The molecule has 0 saturated carbocycles. The lowest BCUT2D eigenvalue weighted by Gasteiger charge is -2.24. The molecule has 0 aliphatic rings. The van der Waals surface area contributed by atoms with Gasteiger partial charge >= 0.3 is 43.7 Å². The Bertz CT molecular complexity index is 1120. The number of nitrogens with one attached hydrogen (secondary N) is 2.